The standard InChI is InChI=1S/C13H14Cl2O2/c1-9(2)11(10-7-5-4-6-8-10)13(14,15)12(16)17-3/h4-8,11H,1H2,2-3H3. The first kappa shape index (κ1) is 14.1. The molecule has 1 rings (SSSR count). The van der Waals surface area contributed by atoms with Crippen molar-refractivity contribution in [2.45, 2.75) is 17.2 Å². The second-order valence-corrected chi connectivity index (χ2v) is 5.19. The van der Waals surface area contributed by atoms with Gasteiger partial charge in [-0.05, 0) is 12.5 Å². The van der Waals surface area contributed by atoms with Gasteiger partial charge in [-0.25, -0.2) is 4.79 Å². The van der Waals surface area contributed by atoms with Gasteiger partial charge in [0.1, 0.15) is 0 Å². The molecule has 0 amide bonds. The lowest BCUT2D eigenvalue weighted by Gasteiger charge is -2.28. The number of hydrogen-bond acceptors (Lipinski definition) is 2. The van der Waals surface area contributed by atoms with E-state index in [1.165, 1.54) is 7.11 Å². The first-order valence-electron chi connectivity index (χ1n) is 5.07. The molecule has 1 aromatic carbocycles. The molecule has 0 saturated carbocycles. The number of allylic oxidation sites excluding steroid dienone is 1. The maximum Gasteiger partial charge on any atom is 0.343 e. The summed E-state index contributed by atoms with van der Waals surface area (Å²) < 4.78 is 2.96. The van der Waals surface area contributed by atoms with Crippen molar-refractivity contribution >= 4 is 29.2 Å². The third-order valence-electron chi connectivity index (χ3n) is 2.45. The minimum Gasteiger partial charge on any atom is -0.467 e. The van der Waals surface area contributed by atoms with Crippen LogP contribution in [0.25, 0.3) is 0 Å². The van der Waals surface area contributed by atoms with E-state index >= 15 is 0 Å². The van der Waals surface area contributed by atoms with Crippen molar-refractivity contribution < 1.29 is 9.53 Å². The van der Waals surface area contributed by atoms with Crippen LogP contribution in [-0.4, -0.2) is 17.4 Å². The summed E-state index contributed by atoms with van der Waals surface area (Å²) in [6.45, 7) is 5.62. The highest BCUT2D eigenvalue weighted by atomic mass is 35.5. The number of rotatable bonds is 4. The quantitative estimate of drug-likeness (QED) is 0.475. The predicted molar refractivity (Wildman–Crippen MR) is 70.5 cm³/mol. The van der Waals surface area contributed by atoms with Crippen molar-refractivity contribution in [2.24, 2.45) is 0 Å². The van der Waals surface area contributed by atoms with E-state index < -0.39 is 16.2 Å². The molecule has 17 heavy (non-hydrogen) atoms. The van der Waals surface area contributed by atoms with Crippen LogP contribution < -0.4 is 0 Å². The van der Waals surface area contributed by atoms with Crippen molar-refractivity contribution in [1.29, 1.82) is 0 Å². The third-order valence-corrected chi connectivity index (χ3v) is 3.19. The predicted octanol–water partition coefficient (Wildman–Crippen LogP) is 3.69. The Morgan fingerprint density at radius 3 is 2.29 bits per heavy atom. The topological polar surface area (TPSA) is 26.3 Å². The van der Waals surface area contributed by atoms with Crippen LogP contribution >= 0.6 is 23.2 Å². The molecule has 4 heteroatoms. The number of hydrogen-bond donors (Lipinski definition) is 0. The zero-order chi connectivity index (χ0) is 13.1. The molecule has 92 valence electrons. The number of alkyl halides is 2. The Balaban J connectivity index is 3.19. The highest BCUT2D eigenvalue weighted by molar-refractivity contribution is 6.58. The van der Waals surface area contributed by atoms with Gasteiger partial charge in [-0.15, -0.1) is 0 Å². The second kappa shape index (κ2) is 5.56. The number of methoxy groups -OCH3 is 1. The van der Waals surface area contributed by atoms with Crippen LogP contribution in [0.1, 0.15) is 18.4 Å². The zero-order valence-corrected chi connectivity index (χ0v) is 11.3. The lowest BCUT2D eigenvalue weighted by atomic mass is 9.89. The van der Waals surface area contributed by atoms with E-state index in [0.717, 1.165) is 5.56 Å². The van der Waals surface area contributed by atoms with Crippen molar-refractivity contribution in [3.05, 3.63) is 48.0 Å². The van der Waals surface area contributed by atoms with Crippen LogP contribution in [0, 0.1) is 0 Å². The second-order valence-electron chi connectivity index (χ2n) is 3.80. The molecule has 0 spiro atoms. The number of benzene rings is 1. The molecular formula is C13H14Cl2O2. The Morgan fingerprint density at radius 1 is 1.35 bits per heavy atom. The maximum atomic E-state index is 11.6. The largest absolute Gasteiger partial charge is 0.467 e. The van der Waals surface area contributed by atoms with E-state index in [1.54, 1.807) is 6.92 Å². The molecule has 1 atom stereocenters. The van der Waals surface area contributed by atoms with Crippen LogP contribution in [0.2, 0.25) is 0 Å². The summed E-state index contributed by atoms with van der Waals surface area (Å²) in [6.07, 6.45) is 0. The number of carbonyl (C=O) groups is 1. The summed E-state index contributed by atoms with van der Waals surface area (Å²) in [4.78, 5) is 11.6. The molecule has 0 aromatic heterocycles. The minimum atomic E-state index is -1.66. The van der Waals surface area contributed by atoms with Crippen LogP contribution in [0.3, 0.4) is 0 Å². The summed E-state index contributed by atoms with van der Waals surface area (Å²) in [5.41, 5.74) is 1.53. The molecule has 0 aliphatic rings. The molecule has 0 aliphatic carbocycles. The summed E-state index contributed by atoms with van der Waals surface area (Å²) in [5.74, 6) is -1.18. The van der Waals surface area contributed by atoms with Crippen molar-refractivity contribution in [2.75, 3.05) is 7.11 Å². The zero-order valence-electron chi connectivity index (χ0n) is 9.74. The Bertz CT molecular complexity index is 413. The van der Waals surface area contributed by atoms with Gasteiger partial charge in [0.05, 0.1) is 7.11 Å². The van der Waals surface area contributed by atoms with E-state index in [2.05, 4.69) is 11.3 Å². The molecule has 0 radical (unpaired) electrons. The Morgan fingerprint density at radius 2 is 1.88 bits per heavy atom. The van der Waals surface area contributed by atoms with Crippen molar-refractivity contribution in [3.63, 3.8) is 0 Å². The molecule has 0 bridgehead atoms. The SMILES string of the molecule is C=C(C)C(c1ccccc1)C(Cl)(Cl)C(=O)OC. The van der Waals surface area contributed by atoms with Gasteiger partial charge in [-0.3, -0.25) is 0 Å². The molecular weight excluding hydrogens is 259 g/mol. The number of esters is 1. The van der Waals surface area contributed by atoms with Gasteiger partial charge in [0.25, 0.3) is 0 Å². The molecule has 2 nitrogen and oxygen atoms in total. The Kier molecular flexibility index (Phi) is 4.61. The monoisotopic (exact) mass is 272 g/mol. The van der Waals surface area contributed by atoms with E-state index in [9.17, 15) is 4.79 Å². The first-order chi connectivity index (χ1) is 7.91. The first-order valence-corrected chi connectivity index (χ1v) is 5.83. The maximum absolute atomic E-state index is 11.6. The number of carbonyl (C=O) groups excluding carboxylic acids is 1. The molecule has 0 aliphatic heterocycles. The van der Waals surface area contributed by atoms with Gasteiger partial charge < -0.3 is 4.74 Å². The average molecular weight is 273 g/mol. The Labute approximate surface area is 111 Å². The van der Waals surface area contributed by atoms with E-state index in [1.807, 2.05) is 30.3 Å². The average Bonchev–Trinajstić information content (AvgIpc) is 2.28. The fourth-order valence-corrected chi connectivity index (χ4v) is 2.48. The van der Waals surface area contributed by atoms with Crippen LogP contribution in [0.15, 0.2) is 42.5 Å². The highest BCUT2D eigenvalue weighted by Crippen LogP contribution is 2.42. The fourth-order valence-electron chi connectivity index (χ4n) is 1.70. The minimum absolute atomic E-state index is 0.500. The van der Waals surface area contributed by atoms with E-state index in [4.69, 9.17) is 23.2 Å². The van der Waals surface area contributed by atoms with E-state index in [0.29, 0.717) is 5.57 Å². The lowest BCUT2D eigenvalue weighted by Crippen LogP contribution is -2.35. The van der Waals surface area contributed by atoms with Gasteiger partial charge in [0.2, 0.25) is 4.33 Å². The van der Waals surface area contributed by atoms with Gasteiger partial charge in [-0.1, -0.05) is 65.7 Å². The van der Waals surface area contributed by atoms with E-state index in [-0.39, 0.29) is 0 Å². The molecule has 0 N–H and O–H groups in total. The summed E-state index contributed by atoms with van der Waals surface area (Å²) in [6, 6.07) is 9.28. The van der Waals surface area contributed by atoms with Crippen molar-refractivity contribution in [3.8, 4) is 0 Å². The van der Waals surface area contributed by atoms with Gasteiger partial charge in [0.15, 0.2) is 0 Å². The smallest absolute Gasteiger partial charge is 0.343 e. The summed E-state index contributed by atoms with van der Waals surface area (Å²) in [7, 11) is 1.25. The Hall–Kier alpha value is -0.990. The molecule has 1 aromatic rings. The lowest BCUT2D eigenvalue weighted by molar-refractivity contribution is -0.141. The van der Waals surface area contributed by atoms with Crippen LogP contribution in [-0.2, 0) is 9.53 Å². The molecule has 1 unspecified atom stereocenters. The van der Waals surface area contributed by atoms with Gasteiger partial charge in [0, 0.05) is 5.92 Å². The molecule has 0 heterocycles. The van der Waals surface area contributed by atoms with Crippen molar-refractivity contribution in [1.82, 2.24) is 0 Å². The van der Waals surface area contributed by atoms with Gasteiger partial charge in [-0.2, -0.15) is 0 Å². The van der Waals surface area contributed by atoms with Crippen LogP contribution in [0.4, 0.5) is 0 Å². The highest BCUT2D eigenvalue weighted by Gasteiger charge is 2.44. The number of halogens is 2. The van der Waals surface area contributed by atoms with Crippen LogP contribution in [0.5, 0.6) is 0 Å². The van der Waals surface area contributed by atoms with Gasteiger partial charge >= 0.3 is 5.97 Å². The number of ether oxygens (including phenoxy) is 1. The molecule has 0 fully saturated rings. The fraction of sp³-hybridized carbons (Fsp3) is 0.308. The normalized spacial score (nSPS) is 12.9. The summed E-state index contributed by atoms with van der Waals surface area (Å²) in [5, 5.41) is 0. The molecule has 0 saturated heterocycles. The summed E-state index contributed by atoms with van der Waals surface area (Å²) >= 11 is 12.2. The third kappa shape index (κ3) is 3.02.